The third-order valence-electron chi connectivity index (χ3n) is 2.81. The molecule has 0 saturated carbocycles. The predicted octanol–water partition coefficient (Wildman–Crippen LogP) is -1.94. The molecular formula is C12H19NO8. The van der Waals surface area contributed by atoms with Crippen molar-refractivity contribution in [2.75, 3.05) is 6.61 Å². The van der Waals surface area contributed by atoms with Crippen molar-refractivity contribution < 1.29 is 38.8 Å². The second kappa shape index (κ2) is 7.34. The molecule has 1 rings (SSSR count). The fourth-order valence-corrected chi connectivity index (χ4v) is 2.05. The lowest BCUT2D eigenvalue weighted by molar-refractivity contribution is -0.265. The lowest BCUT2D eigenvalue weighted by atomic mass is 9.96. The quantitative estimate of drug-likeness (QED) is 0.511. The summed E-state index contributed by atoms with van der Waals surface area (Å²) < 4.78 is 15.1. The molecule has 0 aromatic heterocycles. The molecule has 9 nitrogen and oxygen atoms in total. The Balaban J connectivity index is 3.05. The molecule has 21 heavy (non-hydrogen) atoms. The van der Waals surface area contributed by atoms with E-state index in [0.717, 1.165) is 13.8 Å². The van der Waals surface area contributed by atoms with E-state index in [0.29, 0.717) is 0 Å². The first-order valence-corrected chi connectivity index (χ1v) is 6.32. The lowest BCUT2D eigenvalue weighted by Gasteiger charge is -2.42. The highest BCUT2D eigenvalue weighted by molar-refractivity contribution is 5.73. The van der Waals surface area contributed by atoms with E-state index in [9.17, 15) is 24.6 Å². The molecule has 0 bridgehead atoms. The summed E-state index contributed by atoms with van der Waals surface area (Å²) in [6.45, 7) is 2.89. The number of amides is 1. The van der Waals surface area contributed by atoms with Gasteiger partial charge in [-0.3, -0.25) is 14.4 Å². The van der Waals surface area contributed by atoms with E-state index < -0.39 is 55.1 Å². The number of carbonyl (C=O) groups is 3. The van der Waals surface area contributed by atoms with E-state index in [1.807, 2.05) is 0 Å². The molecule has 0 aliphatic carbocycles. The number of aliphatic hydroxyl groups is 2. The summed E-state index contributed by atoms with van der Waals surface area (Å²) in [5, 5.41) is 21.6. The van der Waals surface area contributed by atoms with Gasteiger partial charge < -0.3 is 29.7 Å². The number of ether oxygens (including phenoxy) is 3. The summed E-state index contributed by atoms with van der Waals surface area (Å²) in [6, 6.07) is -1.09. The van der Waals surface area contributed by atoms with Gasteiger partial charge in [0.1, 0.15) is 18.2 Å². The Morgan fingerprint density at radius 3 is 2.14 bits per heavy atom. The Hall–Kier alpha value is -1.71. The third-order valence-corrected chi connectivity index (χ3v) is 2.81. The molecule has 0 radical (unpaired) electrons. The Kier molecular flexibility index (Phi) is 6.06. The summed E-state index contributed by atoms with van der Waals surface area (Å²) in [5.41, 5.74) is 0. The summed E-state index contributed by atoms with van der Waals surface area (Å²) in [5.74, 6) is -1.88. The van der Waals surface area contributed by atoms with Gasteiger partial charge in [-0.25, -0.2) is 0 Å². The Labute approximate surface area is 121 Å². The molecule has 1 aliphatic heterocycles. The van der Waals surface area contributed by atoms with Crippen LogP contribution in [0.5, 0.6) is 0 Å². The number of esters is 2. The van der Waals surface area contributed by atoms with E-state index in [4.69, 9.17) is 14.2 Å². The summed E-state index contributed by atoms with van der Waals surface area (Å²) in [4.78, 5) is 33.5. The number of aliphatic hydroxyl groups excluding tert-OH is 2. The molecule has 1 saturated heterocycles. The highest BCUT2D eigenvalue weighted by Gasteiger charge is 2.49. The second-order valence-electron chi connectivity index (χ2n) is 4.63. The molecule has 1 heterocycles. The molecule has 0 spiro atoms. The molecule has 0 aromatic rings. The van der Waals surface area contributed by atoms with Crippen LogP contribution in [-0.2, 0) is 28.6 Å². The van der Waals surface area contributed by atoms with Crippen LogP contribution in [0.2, 0.25) is 0 Å². The lowest BCUT2D eigenvalue weighted by Crippen LogP contribution is -2.65. The van der Waals surface area contributed by atoms with E-state index in [2.05, 4.69) is 5.32 Å². The number of hydrogen-bond donors (Lipinski definition) is 3. The number of carbonyl (C=O) groups excluding carboxylic acids is 3. The van der Waals surface area contributed by atoms with Crippen molar-refractivity contribution in [1.29, 1.82) is 0 Å². The molecule has 9 heteroatoms. The minimum Gasteiger partial charge on any atom is -0.457 e. The summed E-state index contributed by atoms with van der Waals surface area (Å²) in [7, 11) is 0. The molecule has 0 unspecified atom stereocenters. The Morgan fingerprint density at radius 2 is 1.71 bits per heavy atom. The third kappa shape index (κ3) is 4.66. The van der Waals surface area contributed by atoms with Crippen molar-refractivity contribution in [3.8, 4) is 0 Å². The van der Waals surface area contributed by atoms with Crippen molar-refractivity contribution in [2.45, 2.75) is 51.4 Å². The van der Waals surface area contributed by atoms with Crippen LogP contribution in [0.15, 0.2) is 0 Å². The van der Waals surface area contributed by atoms with E-state index in [-0.39, 0.29) is 0 Å². The summed E-state index contributed by atoms with van der Waals surface area (Å²) in [6.07, 6.45) is -5.02. The monoisotopic (exact) mass is 305 g/mol. The smallest absolute Gasteiger partial charge is 0.305 e. The average Bonchev–Trinajstić information content (AvgIpc) is 2.35. The van der Waals surface area contributed by atoms with Gasteiger partial charge in [0.25, 0.3) is 0 Å². The van der Waals surface area contributed by atoms with Gasteiger partial charge in [0.2, 0.25) is 12.2 Å². The maximum atomic E-state index is 11.3. The van der Waals surface area contributed by atoms with Gasteiger partial charge in [-0.15, -0.1) is 0 Å². The average molecular weight is 305 g/mol. The van der Waals surface area contributed by atoms with Crippen molar-refractivity contribution in [2.24, 2.45) is 0 Å². The number of nitrogens with one attached hydrogen (secondary N) is 1. The first-order valence-electron chi connectivity index (χ1n) is 6.32. The largest absolute Gasteiger partial charge is 0.457 e. The van der Waals surface area contributed by atoms with Crippen molar-refractivity contribution >= 4 is 17.8 Å². The van der Waals surface area contributed by atoms with Gasteiger partial charge in [-0.05, 0) is 0 Å². The molecule has 1 fully saturated rings. The predicted molar refractivity (Wildman–Crippen MR) is 66.7 cm³/mol. The molecule has 5 atom stereocenters. The number of rotatable bonds is 4. The number of hydrogen-bond acceptors (Lipinski definition) is 8. The van der Waals surface area contributed by atoms with Crippen LogP contribution in [0, 0.1) is 0 Å². The normalized spacial score (nSPS) is 32.1. The highest BCUT2D eigenvalue weighted by atomic mass is 16.7. The maximum Gasteiger partial charge on any atom is 0.305 e. The van der Waals surface area contributed by atoms with Gasteiger partial charge in [0.15, 0.2) is 6.10 Å². The molecule has 0 aromatic carbocycles. The maximum absolute atomic E-state index is 11.3. The Morgan fingerprint density at radius 1 is 1.14 bits per heavy atom. The van der Waals surface area contributed by atoms with Gasteiger partial charge >= 0.3 is 11.9 Å². The fourth-order valence-electron chi connectivity index (χ4n) is 2.05. The van der Waals surface area contributed by atoms with Crippen LogP contribution >= 0.6 is 0 Å². The van der Waals surface area contributed by atoms with Crippen molar-refractivity contribution in [3.05, 3.63) is 0 Å². The molecule has 1 amide bonds. The summed E-state index contributed by atoms with van der Waals surface area (Å²) >= 11 is 0. The molecule has 3 N–H and O–H groups in total. The fraction of sp³-hybridized carbons (Fsp3) is 0.750. The zero-order valence-electron chi connectivity index (χ0n) is 11.9. The Bertz CT molecular complexity index is 412. The molecule has 120 valence electrons. The van der Waals surface area contributed by atoms with E-state index >= 15 is 0 Å². The first-order chi connectivity index (χ1) is 9.76. The molecule has 1 aliphatic rings. The minimum atomic E-state index is -1.39. The van der Waals surface area contributed by atoms with Crippen molar-refractivity contribution in [1.82, 2.24) is 5.32 Å². The van der Waals surface area contributed by atoms with E-state index in [1.54, 1.807) is 0 Å². The standard InChI is InChI=1S/C12H19NO8/c1-5(15)13-9-11(19-6(2)16)10(18)8(4-14)21-12(9)20-7(3)17/h8-12,14,18H,4H2,1-3H3,(H,13,15)/t8-,9-,10+,11-,12+/m1/s1. The van der Waals surface area contributed by atoms with Crippen LogP contribution in [0.3, 0.4) is 0 Å². The van der Waals surface area contributed by atoms with Gasteiger partial charge in [-0.2, -0.15) is 0 Å². The zero-order valence-corrected chi connectivity index (χ0v) is 11.9. The first kappa shape index (κ1) is 17.3. The van der Waals surface area contributed by atoms with Crippen LogP contribution in [-0.4, -0.2) is 65.3 Å². The van der Waals surface area contributed by atoms with Crippen molar-refractivity contribution in [3.63, 3.8) is 0 Å². The van der Waals surface area contributed by atoms with Crippen LogP contribution in [0.25, 0.3) is 0 Å². The topological polar surface area (TPSA) is 131 Å². The van der Waals surface area contributed by atoms with Gasteiger partial charge in [0, 0.05) is 20.8 Å². The van der Waals surface area contributed by atoms with Gasteiger partial charge in [0.05, 0.1) is 6.61 Å². The SMILES string of the molecule is CC(=O)N[C@H]1[C@@H](OC(C)=O)O[C@H](CO)[C@H](O)[C@@H]1OC(C)=O. The highest BCUT2D eigenvalue weighted by Crippen LogP contribution is 2.24. The van der Waals surface area contributed by atoms with Crippen LogP contribution < -0.4 is 5.32 Å². The van der Waals surface area contributed by atoms with Crippen LogP contribution in [0.4, 0.5) is 0 Å². The minimum absolute atomic E-state index is 0.493. The molecular weight excluding hydrogens is 286 g/mol. The zero-order chi connectivity index (χ0) is 16.2. The second-order valence-corrected chi connectivity index (χ2v) is 4.63. The van der Waals surface area contributed by atoms with Gasteiger partial charge in [-0.1, -0.05) is 0 Å². The van der Waals surface area contributed by atoms with E-state index in [1.165, 1.54) is 6.92 Å². The van der Waals surface area contributed by atoms with Crippen LogP contribution in [0.1, 0.15) is 20.8 Å².